The molecule has 78 valence electrons. The van der Waals surface area contributed by atoms with Crippen LogP contribution in [-0.2, 0) is 18.9 Å². The maximum Gasteiger partial charge on any atom is 0.323 e. The fourth-order valence-electron chi connectivity index (χ4n) is 1.27. The number of ether oxygens (including phenoxy) is 1. The molecule has 0 aromatic rings. The van der Waals surface area contributed by atoms with Gasteiger partial charge in [-0.2, -0.15) is 0 Å². The first-order chi connectivity index (χ1) is 6.65. The number of hydrogen-bond acceptors (Lipinski definition) is 5. The zero-order chi connectivity index (χ0) is 10.6. The lowest BCUT2D eigenvalue weighted by molar-refractivity contribution is -0.153. The van der Waals surface area contributed by atoms with E-state index in [0.717, 1.165) is 19.4 Å². The van der Waals surface area contributed by atoms with Crippen molar-refractivity contribution in [2.24, 2.45) is 0 Å². The van der Waals surface area contributed by atoms with Crippen molar-refractivity contribution in [1.29, 1.82) is 0 Å². The second-order valence-corrected chi connectivity index (χ2v) is 3.78. The van der Waals surface area contributed by atoms with Crippen LogP contribution in [0.2, 0.25) is 0 Å². The van der Waals surface area contributed by atoms with Crippen molar-refractivity contribution < 1.29 is 18.9 Å². The van der Waals surface area contributed by atoms with Crippen LogP contribution in [0, 0.1) is 0 Å². The number of esters is 1. The van der Waals surface area contributed by atoms with Gasteiger partial charge in [0.05, 0.1) is 0 Å². The monoisotopic (exact) mass is 217 g/mol. The van der Waals surface area contributed by atoms with Crippen molar-refractivity contribution >= 4 is 20.0 Å². The first-order valence-electron chi connectivity index (χ1n) is 4.46. The van der Waals surface area contributed by atoms with E-state index < -0.39 is 26.1 Å². The summed E-state index contributed by atoms with van der Waals surface area (Å²) in [4.78, 5) is 22.2. The molecule has 1 fully saturated rings. The number of carbonyl (C=O) groups is 2. The fraction of sp³-hybridized carbons (Fsp3) is 0.750. The summed E-state index contributed by atoms with van der Waals surface area (Å²) >= 11 is 0. The zero-order valence-electron chi connectivity index (χ0n) is 7.86. The molecule has 5 nitrogen and oxygen atoms in total. The second-order valence-electron chi connectivity index (χ2n) is 3.16. The highest BCUT2D eigenvalue weighted by Crippen LogP contribution is 2.10. The number of rotatable bonds is 4. The fourth-order valence-corrected chi connectivity index (χ4v) is 1.47. The molecule has 0 bridgehead atoms. The van der Waals surface area contributed by atoms with Gasteiger partial charge in [0, 0.05) is 0 Å². The number of hydrogen-bond donors (Lipinski definition) is 1. The predicted octanol–water partition coefficient (Wildman–Crippen LogP) is 0.488. The molecule has 1 rings (SSSR count). The maximum absolute atomic E-state index is 11.3. The van der Waals surface area contributed by atoms with E-state index in [2.05, 4.69) is 5.32 Å². The molecule has 1 saturated heterocycles. The Labute approximate surface area is 83.4 Å². The summed E-state index contributed by atoms with van der Waals surface area (Å²) in [6, 6.07) is -0.312. The lowest BCUT2D eigenvalue weighted by Crippen LogP contribution is -2.35. The standard InChI is InChI=1S/C8H12NO4P/c1-5(8(11)14-12)13-7(10)6-3-2-4-9-6/h5-6,9H,2-4H2,1H3/t5-,6-/m0/s1. The van der Waals surface area contributed by atoms with E-state index in [0.29, 0.717) is 0 Å². The molecule has 1 N–H and O–H groups in total. The van der Waals surface area contributed by atoms with Crippen molar-refractivity contribution in [1.82, 2.24) is 5.32 Å². The molecule has 1 aliphatic rings. The molecule has 0 radical (unpaired) electrons. The van der Waals surface area contributed by atoms with E-state index in [1.54, 1.807) is 0 Å². The lowest BCUT2D eigenvalue weighted by Gasteiger charge is -2.12. The summed E-state index contributed by atoms with van der Waals surface area (Å²) in [5.41, 5.74) is -0.614. The Hall–Kier alpha value is -0.800. The van der Waals surface area contributed by atoms with Crippen molar-refractivity contribution in [3.63, 3.8) is 0 Å². The van der Waals surface area contributed by atoms with Crippen LogP contribution in [0.5, 0.6) is 0 Å². The third-order valence-electron chi connectivity index (χ3n) is 2.08. The van der Waals surface area contributed by atoms with Gasteiger partial charge in [0.1, 0.15) is 6.04 Å². The Bertz CT molecular complexity index is 250. The zero-order valence-corrected chi connectivity index (χ0v) is 8.75. The van der Waals surface area contributed by atoms with E-state index >= 15 is 0 Å². The molecule has 1 heterocycles. The van der Waals surface area contributed by atoms with Crippen LogP contribution in [0.1, 0.15) is 19.8 Å². The van der Waals surface area contributed by atoms with Gasteiger partial charge in [0.2, 0.25) is 8.46 Å². The van der Waals surface area contributed by atoms with E-state index in [1.807, 2.05) is 0 Å². The van der Waals surface area contributed by atoms with Crippen molar-refractivity contribution in [3.8, 4) is 0 Å². The molecule has 0 saturated carbocycles. The van der Waals surface area contributed by atoms with Gasteiger partial charge in [-0.05, 0) is 26.3 Å². The highest BCUT2D eigenvalue weighted by Gasteiger charge is 2.26. The van der Waals surface area contributed by atoms with Gasteiger partial charge in [-0.25, -0.2) is 0 Å². The normalized spacial score (nSPS) is 23.4. The molecule has 0 aromatic carbocycles. The minimum absolute atomic E-state index is 0.312. The molecule has 0 aliphatic carbocycles. The van der Waals surface area contributed by atoms with Crippen molar-refractivity contribution in [3.05, 3.63) is 0 Å². The van der Waals surface area contributed by atoms with E-state index in [4.69, 9.17) is 4.74 Å². The van der Waals surface area contributed by atoms with Gasteiger partial charge in [-0.3, -0.25) is 14.2 Å². The smallest absolute Gasteiger partial charge is 0.323 e. The van der Waals surface area contributed by atoms with Crippen molar-refractivity contribution in [2.75, 3.05) is 6.54 Å². The Morgan fingerprint density at radius 3 is 2.79 bits per heavy atom. The van der Waals surface area contributed by atoms with Crippen LogP contribution >= 0.6 is 8.46 Å². The van der Waals surface area contributed by atoms with Crippen LogP contribution in [0.4, 0.5) is 0 Å². The third kappa shape index (κ3) is 2.86. The minimum atomic E-state index is -0.927. The highest BCUT2D eigenvalue weighted by molar-refractivity contribution is 7.46. The summed E-state index contributed by atoms with van der Waals surface area (Å²) in [6.07, 6.45) is 0.737. The molecular formula is C8H12NO4P. The average Bonchev–Trinajstić information content (AvgIpc) is 2.69. The number of carbonyl (C=O) groups excluding carboxylic acids is 2. The van der Waals surface area contributed by atoms with Crippen LogP contribution in [-0.4, -0.2) is 30.2 Å². The topological polar surface area (TPSA) is 72.5 Å². The van der Waals surface area contributed by atoms with Crippen LogP contribution in [0.15, 0.2) is 0 Å². The van der Waals surface area contributed by atoms with Gasteiger partial charge >= 0.3 is 5.97 Å². The lowest BCUT2D eigenvalue weighted by atomic mass is 10.2. The quantitative estimate of drug-likeness (QED) is 0.548. The summed E-state index contributed by atoms with van der Waals surface area (Å²) in [5.74, 6) is -0.438. The van der Waals surface area contributed by atoms with E-state index in [9.17, 15) is 14.2 Å². The van der Waals surface area contributed by atoms with Crippen LogP contribution in [0.25, 0.3) is 0 Å². The number of nitrogens with one attached hydrogen (secondary N) is 1. The summed E-state index contributed by atoms with van der Waals surface area (Å²) in [6.45, 7) is 2.21. The first kappa shape index (κ1) is 11.3. The molecule has 0 aromatic heterocycles. The second kappa shape index (κ2) is 5.17. The molecule has 1 aliphatic heterocycles. The van der Waals surface area contributed by atoms with Crippen molar-refractivity contribution in [2.45, 2.75) is 31.9 Å². The van der Waals surface area contributed by atoms with Crippen LogP contribution in [0.3, 0.4) is 0 Å². The Kier molecular flexibility index (Phi) is 4.17. The molecule has 0 amide bonds. The SMILES string of the molecule is C[C@H](OC(=O)[C@@H]1CCCN1)C(=O)P=O. The largest absolute Gasteiger partial charge is 0.453 e. The van der Waals surface area contributed by atoms with E-state index in [1.165, 1.54) is 6.92 Å². The first-order valence-corrected chi connectivity index (χ1v) is 5.27. The Morgan fingerprint density at radius 2 is 2.29 bits per heavy atom. The molecule has 14 heavy (non-hydrogen) atoms. The summed E-state index contributed by atoms with van der Waals surface area (Å²) < 4.78 is 15.0. The van der Waals surface area contributed by atoms with Gasteiger partial charge in [-0.1, -0.05) is 0 Å². The molecule has 0 spiro atoms. The minimum Gasteiger partial charge on any atom is -0.453 e. The average molecular weight is 217 g/mol. The van der Waals surface area contributed by atoms with Gasteiger partial charge in [0.25, 0.3) is 5.52 Å². The molecule has 0 unspecified atom stereocenters. The Morgan fingerprint density at radius 1 is 1.57 bits per heavy atom. The highest BCUT2D eigenvalue weighted by atomic mass is 31.1. The van der Waals surface area contributed by atoms with Gasteiger partial charge in [-0.15, -0.1) is 0 Å². The summed E-state index contributed by atoms with van der Waals surface area (Å²) in [7, 11) is -0.617. The molecule has 6 heteroatoms. The van der Waals surface area contributed by atoms with Gasteiger partial charge < -0.3 is 10.1 Å². The molecular weight excluding hydrogens is 205 g/mol. The predicted molar refractivity (Wildman–Crippen MR) is 49.2 cm³/mol. The third-order valence-corrected chi connectivity index (χ3v) is 2.62. The summed E-state index contributed by atoms with van der Waals surface area (Å²) in [5, 5.41) is 2.95. The van der Waals surface area contributed by atoms with Crippen LogP contribution < -0.4 is 5.32 Å². The van der Waals surface area contributed by atoms with E-state index in [-0.39, 0.29) is 6.04 Å². The van der Waals surface area contributed by atoms with Gasteiger partial charge in [0.15, 0.2) is 6.10 Å². The Balaban J connectivity index is 2.39. The maximum atomic E-state index is 11.3. The molecule has 2 atom stereocenters.